The third-order valence-corrected chi connectivity index (χ3v) is 3.52. The summed E-state index contributed by atoms with van der Waals surface area (Å²) >= 11 is 7.40. The van der Waals surface area contributed by atoms with Crippen LogP contribution in [0.4, 0.5) is 0 Å². The molecule has 89 valence electrons. The molecule has 2 aromatic rings. The molecule has 3 nitrogen and oxygen atoms in total. The number of nitrogens with two attached hydrogens (primary N) is 2. The van der Waals surface area contributed by atoms with Crippen molar-refractivity contribution in [3.8, 4) is 5.75 Å². The molecule has 1 aromatic carbocycles. The Morgan fingerprint density at radius 2 is 2.12 bits per heavy atom. The Hall–Kier alpha value is -1.07. The second-order valence-electron chi connectivity index (χ2n) is 3.66. The molecule has 17 heavy (non-hydrogen) atoms. The summed E-state index contributed by atoms with van der Waals surface area (Å²) in [4.78, 5) is 0. The minimum atomic E-state index is -0.359. The molecule has 1 aromatic heterocycles. The Balaban J connectivity index is 2.24. The number of rotatable bonds is 3. The van der Waals surface area contributed by atoms with Crippen LogP contribution in [0.1, 0.15) is 17.2 Å². The van der Waals surface area contributed by atoms with Crippen LogP contribution in [0.2, 0.25) is 5.02 Å². The summed E-state index contributed by atoms with van der Waals surface area (Å²) in [7, 11) is 0. The van der Waals surface area contributed by atoms with Crippen molar-refractivity contribution in [2.24, 2.45) is 11.5 Å². The van der Waals surface area contributed by atoms with Gasteiger partial charge < -0.3 is 16.6 Å². The fraction of sp³-hybridized carbons (Fsp3) is 0.0833. The van der Waals surface area contributed by atoms with Crippen LogP contribution in [0.15, 0.2) is 35.0 Å². The second-order valence-corrected chi connectivity index (χ2v) is 4.84. The van der Waals surface area contributed by atoms with Gasteiger partial charge in [-0.25, -0.2) is 0 Å². The molecule has 1 unspecified atom stereocenters. The zero-order chi connectivity index (χ0) is 12.4. The maximum absolute atomic E-state index is 9.34. The van der Waals surface area contributed by atoms with E-state index in [0.29, 0.717) is 6.04 Å². The highest BCUT2D eigenvalue weighted by Gasteiger charge is 2.19. The van der Waals surface area contributed by atoms with Crippen LogP contribution < -0.4 is 11.5 Å². The van der Waals surface area contributed by atoms with Crippen LogP contribution in [0, 0.1) is 6.04 Å². The largest absolute Gasteiger partial charge is 0.506 e. The van der Waals surface area contributed by atoms with Gasteiger partial charge in [-0.1, -0.05) is 17.7 Å². The number of hydrogen-bond acceptors (Lipinski definition) is 4. The SMILES string of the molecule is N[C](c1ccc(O)c(Cl)c1)C(N)c1ccsc1. The highest BCUT2D eigenvalue weighted by Crippen LogP contribution is 2.30. The van der Waals surface area contributed by atoms with Gasteiger partial charge in [0.15, 0.2) is 0 Å². The minimum absolute atomic E-state index is 0.0346. The number of aromatic hydroxyl groups is 1. The van der Waals surface area contributed by atoms with Gasteiger partial charge in [0.25, 0.3) is 0 Å². The first-order chi connectivity index (χ1) is 8.09. The van der Waals surface area contributed by atoms with Gasteiger partial charge in [-0.05, 0) is 40.1 Å². The molecule has 5 heteroatoms. The van der Waals surface area contributed by atoms with Crippen LogP contribution >= 0.6 is 22.9 Å². The van der Waals surface area contributed by atoms with Crippen LogP contribution in [-0.2, 0) is 0 Å². The number of phenols is 1. The topological polar surface area (TPSA) is 72.3 Å². The number of benzene rings is 1. The zero-order valence-electron chi connectivity index (χ0n) is 8.93. The Kier molecular flexibility index (Phi) is 3.69. The third kappa shape index (κ3) is 2.61. The van der Waals surface area contributed by atoms with Gasteiger partial charge in [0, 0.05) is 0 Å². The highest BCUT2D eigenvalue weighted by atomic mass is 35.5. The third-order valence-electron chi connectivity index (χ3n) is 2.52. The first kappa shape index (κ1) is 12.4. The summed E-state index contributed by atoms with van der Waals surface area (Å²) in [6.07, 6.45) is 0. The van der Waals surface area contributed by atoms with Crippen molar-refractivity contribution in [1.82, 2.24) is 0 Å². The first-order valence-corrected chi connectivity index (χ1v) is 6.30. The van der Waals surface area contributed by atoms with Gasteiger partial charge in [-0.15, -0.1) is 0 Å². The molecule has 2 rings (SSSR count). The molecule has 0 aliphatic rings. The summed E-state index contributed by atoms with van der Waals surface area (Å²) in [5, 5.41) is 13.5. The normalized spacial score (nSPS) is 12.9. The highest BCUT2D eigenvalue weighted by molar-refractivity contribution is 7.08. The average Bonchev–Trinajstić information content (AvgIpc) is 2.84. The van der Waals surface area contributed by atoms with E-state index in [0.717, 1.165) is 11.1 Å². The van der Waals surface area contributed by atoms with E-state index in [1.165, 1.54) is 6.07 Å². The van der Waals surface area contributed by atoms with E-state index in [-0.39, 0.29) is 16.8 Å². The molecule has 1 heterocycles. The molecule has 0 fully saturated rings. The molecule has 0 aliphatic carbocycles. The molecule has 0 spiro atoms. The van der Waals surface area contributed by atoms with Crippen LogP contribution in [0.3, 0.4) is 0 Å². The number of phenolic OH excluding ortho intramolecular Hbond substituents is 1. The second kappa shape index (κ2) is 5.06. The summed E-state index contributed by atoms with van der Waals surface area (Å²) in [6.45, 7) is 0. The van der Waals surface area contributed by atoms with Gasteiger partial charge >= 0.3 is 0 Å². The van der Waals surface area contributed by atoms with Gasteiger partial charge in [0.2, 0.25) is 0 Å². The lowest BCUT2D eigenvalue weighted by Gasteiger charge is -2.18. The van der Waals surface area contributed by atoms with E-state index in [1.807, 2.05) is 16.8 Å². The molecule has 5 N–H and O–H groups in total. The predicted molar refractivity (Wildman–Crippen MR) is 70.9 cm³/mol. The quantitative estimate of drug-likeness (QED) is 0.801. The van der Waals surface area contributed by atoms with Crippen molar-refractivity contribution in [2.45, 2.75) is 6.04 Å². The lowest BCUT2D eigenvalue weighted by Crippen LogP contribution is -2.26. The molecule has 0 amide bonds. The lowest BCUT2D eigenvalue weighted by atomic mass is 9.97. The molecule has 1 radical (unpaired) electrons. The van der Waals surface area contributed by atoms with E-state index < -0.39 is 0 Å². The van der Waals surface area contributed by atoms with Crippen molar-refractivity contribution in [1.29, 1.82) is 0 Å². The minimum Gasteiger partial charge on any atom is -0.506 e. The fourth-order valence-electron chi connectivity index (χ4n) is 1.50. The number of halogens is 1. The molecular formula is C12H12ClN2OS. The average molecular weight is 268 g/mol. The molecule has 1 atom stereocenters. The summed E-state index contributed by atoms with van der Waals surface area (Å²) in [5.74, 6) is 0.0346. The maximum Gasteiger partial charge on any atom is 0.134 e. The monoisotopic (exact) mass is 267 g/mol. The Morgan fingerprint density at radius 3 is 2.71 bits per heavy atom. The van der Waals surface area contributed by atoms with E-state index >= 15 is 0 Å². The molecular weight excluding hydrogens is 256 g/mol. The Labute approximate surface area is 109 Å². The fourth-order valence-corrected chi connectivity index (χ4v) is 2.37. The summed E-state index contributed by atoms with van der Waals surface area (Å²) in [6, 6.07) is 6.92. The summed E-state index contributed by atoms with van der Waals surface area (Å²) in [5.41, 5.74) is 13.7. The standard InChI is InChI=1S/C12H12ClN2OS/c13-9-5-7(1-2-10(9)16)11(14)12(15)8-3-4-17-6-8/h1-6,12,16H,14-15H2. The van der Waals surface area contributed by atoms with E-state index in [1.54, 1.807) is 23.5 Å². The number of thiophene rings is 1. The summed E-state index contributed by atoms with van der Waals surface area (Å²) < 4.78 is 0. The van der Waals surface area contributed by atoms with Gasteiger partial charge in [-0.2, -0.15) is 11.3 Å². The zero-order valence-corrected chi connectivity index (χ0v) is 10.5. The van der Waals surface area contributed by atoms with E-state index in [4.69, 9.17) is 23.1 Å². The van der Waals surface area contributed by atoms with Crippen LogP contribution in [-0.4, -0.2) is 5.11 Å². The van der Waals surface area contributed by atoms with Crippen LogP contribution in [0.25, 0.3) is 0 Å². The molecule has 0 bridgehead atoms. The van der Waals surface area contributed by atoms with Crippen molar-refractivity contribution in [2.75, 3.05) is 0 Å². The van der Waals surface area contributed by atoms with Crippen molar-refractivity contribution >= 4 is 22.9 Å². The predicted octanol–water partition coefficient (Wildman–Crippen LogP) is 2.65. The molecule has 0 aliphatic heterocycles. The van der Waals surface area contributed by atoms with Gasteiger partial charge in [0.05, 0.1) is 17.1 Å². The van der Waals surface area contributed by atoms with E-state index in [2.05, 4.69) is 0 Å². The van der Waals surface area contributed by atoms with Gasteiger partial charge in [-0.3, -0.25) is 0 Å². The van der Waals surface area contributed by atoms with E-state index in [9.17, 15) is 5.11 Å². The van der Waals surface area contributed by atoms with Crippen molar-refractivity contribution < 1.29 is 5.11 Å². The molecule has 0 saturated carbocycles. The lowest BCUT2D eigenvalue weighted by molar-refractivity contribution is 0.475. The Bertz CT molecular complexity index is 501. The first-order valence-electron chi connectivity index (χ1n) is 4.98. The number of hydrogen-bond donors (Lipinski definition) is 3. The molecule has 0 saturated heterocycles. The maximum atomic E-state index is 9.34. The van der Waals surface area contributed by atoms with Crippen molar-refractivity contribution in [3.05, 3.63) is 57.2 Å². The Morgan fingerprint density at radius 1 is 1.35 bits per heavy atom. The van der Waals surface area contributed by atoms with Gasteiger partial charge in [0.1, 0.15) is 5.75 Å². The smallest absolute Gasteiger partial charge is 0.134 e. The van der Waals surface area contributed by atoms with Crippen LogP contribution in [0.5, 0.6) is 5.75 Å². The van der Waals surface area contributed by atoms with Crippen molar-refractivity contribution in [3.63, 3.8) is 0 Å².